The molecule has 2 heterocycles. The van der Waals surface area contributed by atoms with Gasteiger partial charge in [-0.2, -0.15) is 0 Å². The van der Waals surface area contributed by atoms with Gasteiger partial charge < -0.3 is 20.3 Å². The molecular formula is C25H39N5O2S2. The molecule has 0 aliphatic heterocycles. The Morgan fingerprint density at radius 1 is 0.941 bits per heavy atom. The summed E-state index contributed by atoms with van der Waals surface area (Å²) in [5.74, 6) is -0.274. The molecule has 34 heavy (non-hydrogen) atoms. The van der Waals surface area contributed by atoms with Crippen molar-refractivity contribution in [3.8, 4) is 0 Å². The third kappa shape index (κ3) is 5.17. The van der Waals surface area contributed by atoms with E-state index < -0.39 is 11.7 Å². The second-order valence-corrected chi connectivity index (χ2v) is 13.8. The van der Waals surface area contributed by atoms with Crippen LogP contribution < -0.4 is 5.73 Å². The number of ether oxygens (including phenoxy) is 1. The lowest BCUT2D eigenvalue weighted by Crippen LogP contribution is -2.37. The van der Waals surface area contributed by atoms with Crippen molar-refractivity contribution in [3.63, 3.8) is 0 Å². The third-order valence-electron chi connectivity index (χ3n) is 7.01. The molecule has 4 rings (SSSR count). The van der Waals surface area contributed by atoms with Gasteiger partial charge in [-0.05, 0) is 67.7 Å². The maximum Gasteiger partial charge on any atom is 0.405 e. The minimum Gasteiger partial charge on any atom is -0.442 e. The number of hydrogen-bond acceptors (Lipinski definition) is 8. The van der Waals surface area contributed by atoms with Crippen LogP contribution in [-0.2, 0) is 28.7 Å². The molecule has 1 amide bonds. The first-order chi connectivity index (χ1) is 15.7. The van der Waals surface area contributed by atoms with Crippen molar-refractivity contribution < 1.29 is 9.53 Å². The second-order valence-electron chi connectivity index (χ2n) is 11.7. The highest BCUT2D eigenvalue weighted by molar-refractivity contribution is 7.13. The van der Waals surface area contributed by atoms with Gasteiger partial charge in [-0.3, -0.25) is 0 Å². The zero-order valence-corrected chi connectivity index (χ0v) is 23.5. The van der Waals surface area contributed by atoms with Crippen LogP contribution in [0.25, 0.3) is 0 Å². The molecule has 0 aromatic carbocycles. The van der Waals surface area contributed by atoms with E-state index >= 15 is 0 Å². The zero-order valence-electron chi connectivity index (χ0n) is 21.8. The molecule has 2 aromatic heterocycles. The van der Waals surface area contributed by atoms with Crippen molar-refractivity contribution in [2.45, 2.75) is 88.8 Å². The molecule has 0 unspecified atom stereocenters. The first-order valence-corrected chi connectivity index (χ1v) is 13.7. The highest BCUT2D eigenvalue weighted by Crippen LogP contribution is 2.55. The van der Waals surface area contributed by atoms with E-state index in [0.29, 0.717) is 0 Å². The number of thiazole rings is 2. The Morgan fingerprint density at radius 3 is 1.62 bits per heavy atom. The van der Waals surface area contributed by atoms with Gasteiger partial charge >= 0.3 is 6.09 Å². The Bertz CT molecular complexity index is 993. The Labute approximate surface area is 211 Å². The lowest BCUT2D eigenvalue weighted by atomic mass is 9.91. The zero-order chi connectivity index (χ0) is 25.1. The highest BCUT2D eigenvalue weighted by Gasteiger charge is 2.48. The molecule has 0 saturated heterocycles. The Morgan fingerprint density at radius 2 is 1.32 bits per heavy atom. The Kier molecular flexibility index (Phi) is 6.64. The molecule has 188 valence electrons. The summed E-state index contributed by atoms with van der Waals surface area (Å²) < 4.78 is 5.72. The summed E-state index contributed by atoms with van der Waals surface area (Å²) in [4.78, 5) is 29.3. The van der Waals surface area contributed by atoms with Gasteiger partial charge in [0.1, 0.15) is 21.5 Å². The fourth-order valence-electron chi connectivity index (χ4n) is 4.59. The van der Waals surface area contributed by atoms with Gasteiger partial charge in [0.15, 0.2) is 0 Å². The topological polar surface area (TPSA) is 84.6 Å². The average Bonchev–Trinajstić information content (AvgIpc) is 3.51. The van der Waals surface area contributed by atoms with Gasteiger partial charge in [-0.25, -0.2) is 14.8 Å². The van der Waals surface area contributed by atoms with Crippen LogP contribution in [0.1, 0.15) is 90.5 Å². The summed E-state index contributed by atoms with van der Waals surface area (Å²) in [6.45, 7) is 10.1. The SMILES string of the molecule is CN(C)Cc1nc(C(c2nc(CN(C)C)c(C3(C)CC3)s2)C(C)(C)OC(N)=O)sc1C1(C)CC1. The lowest BCUT2D eigenvalue weighted by Gasteiger charge is -2.30. The molecule has 0 spiro atoms. The summed E-state index contributed by atoms with van der Waals surface area (Å²) in [5, 5.41) is 1.92. The number of hydrogen-bond donors (Lipinski definition) is 1. The predicted molar refractivity (Wildman–Crippen MR) is 139 cm³/mol. The molecule has 2 aromatic rings. The van der Waals surface area contributed by atoms with Crippen molar-refractivity contribution in [1.29, 1.82) is 0 Å². The van der Waals surface area contributed by atoms with E-state index in [4.69, 9.17) is 20.4 Å². The van der Waals surface area contributed by atoms with Gasteiger partial charge in [-0.15, -0.1) is 22.7 Å². The first-order valence-electron chi connectivity index (χ1n) is 12.0. The molecule has 9 heteroatoms. The van der Waals surface area contributed by atoms with E-state index in [-0.39, 0.29) is 16.7 Å². The fraction of sp³-hybridized carbons (Fsp3) is 0.720. The summed E-state index contributed by atoms with van der Waals surface area (Å²) >= 11 is 3.53. The minimum absolute atomic E-state index is 0.201. The quantitative estimate of drug-likeness (QED) is 0.498. The van der Waals surface area contributed by atoms with Gasteiger partial charge in [0.05, 0.1) is 11.4 Å². The van der Waals surface area contributed by atoms with Crippen molar-refractivity contribution >= 4 is 28.8 Å². The van der Waals surface area contributed by atoms with Crippen molar-refractivity contribution in [2.75, 3.05) is 28.2 Å². The van der Waals surface area contributed by atoms with E-state index in [1.54, 1.807) is 22.7 Å². The van der Waals surface area contributed by atoms with Gasteiger partial charge in [0.25, 0.3) is 0 Å². The van der Waals surface area contributed by atoms with Crippen molar-refractivity contribution in [1.82, 2.24) is 19.8 Å². The van der Waals surface area contributed by atoms with Crippen LogP contribution in [0.2, 0.25) is 0 Å². The molecular weight excluding hydrogens is 466 g/mol. The molecule has 2 aliphatic rings. The van der Waals surface area contributed by atoms with E-state index in [9.17, 15) is 4.79 Å². The highest BCUT2D eigenvalue weighted by atomic mass is 32.1. The van der Waals surface area contributed by atoms with E-state index in [1.807, 2.05) is 13.8 Å². The molecule has 0 atom stereocenters. The van der Waals surface area contributed by atoms with Crippen molar-refractivity contribution in [2.24, 2.45) is 5.73 Å². The van der Waals surface area contributed by atoms with Gasteiger partial charge in [0.2, 0.25) is 0 Å². The first kappa shape index (κ1) is 25.5. The van der Waals surface area contributed by atoms with Crippen LogP contribution in [0.5, 0.6) is 0 Å². The van der Waals surface area contributed by atoms with E-state index in [2.05, 4.69) is 51.8 Å². The lowest BCUT2D eigenvalue weighted by molar-refractivity contribution is 0.0330. The number of carbonyl (C=O) groups is 1. The molecule has 2 fully saturated rings. The Balaban J connectivity index is 1.84. The standard InChI is InChI=1S/C25H39N5O2S2/c1-23(2,32-22(26)31)17(20-27-15(13-29(5)6)18(33-20)24(3)9-10-24)21-28-16(14-30(7)8)19(34-21)25(4)11-12-25/h17H,9-14H2,1-8H3,(H2,26,31). The number of primary amides is 1. The monoisotopic (exact) mass is 505 g/mol. The van der Waals surface area contributed by atoms with Gasteiger partial charge in [0, 0.05) is 33.7 Å². The summed E-state index contributed by atoms with van der Waals surface area (Å²) in [6.07, 6.45) is 3.98. The van der Waals surface area contributed by atoms with Crippen LogP contribution >= 0.6 is 22.7 Å². The maximum atomic E-state index is 11.9. The Hall–Kier alpha value is -1.55. The van der Waals surface area contributed by atoms with E-state index in [1.165, 1.54) is 35.4 Å². The number of nitrogens with zero attached hydrogens (tertiary/aromatic N) is 4. The number of carbonyl (C=O) groups excluding carboxylic acids is 1. The molecule has 2 saturated carbocycles. The average molecular weight is 506 g/mol. The minimum atomic E-state index is -0.879. The molecule has 7 nitrogen and oxygen atoms in total. The molecule has 0 radical (unpaired) electrons. The van der Waals surface area contributed by atoms with E-state index in [0.717, 1.165) is 34.5 Å². The third-order valence-corrected chi connectivity index (χ3v) is 9.95. The predicted octanol–water partition coefficient (Wildman–Crippen LogP) is 4.83. The van der Waals surface area contributed by atoms with Crippen LogP contribution in [0.4, 0.5) is 4.79 Å². The van der Waals surface area contributed by atoms with Crippen LogP contribution in [0.15, 0.2) is 0 Å². The summed E-state index contributed by atoms with van der Waals surface area (Å²) in [5.41, 5.74) is 7.30. The van der Waals surface area contributed by atoms with Crippen LogP contribution in [0.3, 0.4) is 0 Å². The largest absolute Gasteiger partial charge is 0.442 e. The smallest absolute Gasteiger partial charge is 0.405 e. The molecule has 2 aliphatic carbocycles. The fourth-order valence-corrected chi connectivity index (χ4v) is 7.78. The number of nitrogens with two attached hydrogens (primary N) is 1. The summed E-state index contributed by atoms with van der Waals surface area (Å²) in [6, 6.07) is 0. The van der Waals surface area contributed by atoms with Crippen LogP contribution in [0, 0.1) is 0 Å². The van der Waals surface area contributed by atoms with Gasteiger partial charge in [-0.1, -0.05) is 13.8 Å². The molecule has 2 N–H and O–H groups in total. The number of aromatic nitrogens is 2. The number of amides is 1. The number of rotatable bonds is 10. The maximum absolute atomic E-state index is 11.9. The second kappa shape index (κ2) is 8.84. The van der Waals surface area contributed by atoms with Crippen molar-refractivity contribution in [3.05, 3.63) is 31.2 Å². The van der Waals surface area contributed by atoms with Crippen LogP contribution in [-0.4, -0.2) is 59.7 Å². The molecule has 0 bridgehead atoms. The summed E-state index contributed by atoms with van der Waals surface area (Å²) in [7, 11) is 8.30. The normalized spacial score (nSPS) is 18.7.